The van der Waals surface area contributed by atoms with Crippen LogP contribution in [0.15, 0.2) is 36.9 Å². The van der Waals surface area contributed by atoms with Crippen LogP contribution in [0, 0.1) is 4.77 Å². The monoisotopic (exact) mass is 375 g/mol. The molecule has 0 aliphatic carbocycles. The van der Waals surface area contributed by atoms with Crippen LogP contribution < -0.4 is 10.1 Å². The molecule has 10 heteroatoms. The van der Waals surface area contributed by atoms with Gasteiger partial charge in [0, 0.05) is 19.7 Å². The number of aromatic nitrogens is 3. The molecule has 0 radical (unpaired) electrons. The highest BCUT2D eigenvalue weighted by atomic mass is 32.1. The van der Waals surface area contributed by atoms with Crippen LogP contribution in [-0.4, -0.2) is 53.0 Å². The van der Waals surface area contributed by atoms with Crippen LogP contribution >= 0.6 is 12.2 Å². The summed E-state index contributed by atoms with van der Waals surface area (Å²) in [4.78, 5) is 35.9. The maximum atomic E-state index is 12.5. The van der Waals surface area contributed by atoms with E-state index in [-0.39, 0.29) is 16.4 Å². The number of benzene rings is 1. The summed E-state index contributed by atoms with van der Waals surface area (Å²) in [5.41, 5.74) is 0.502. The second-order valence-corrected chi connectivity index (χ2v) is 5.51. The van der Waals surface area contributed by atoms with Gasteiger partial charge in [-0.1, -0.05) is 18.2 Å². The molecule has 2 aromatic rings. The first-order valence-corrected chi connectivity index (χ1v) is 7.77. The predicted molar refractivity (Wildman–Crippen MR) is 95.9 cm³/mol. The van der Waals surface area contributed by atoms with Gasteiger partial charge in [0.15, 0.2) is 0 Å². The minimum atomic E-state index is -0.641. The molecular formula is C16H17N5O4S. The Kier molecular flexibility index (Phi) is 6.39. The van der Waals surface area contributed by atoms with Gasteiger partial charge in [0.25, 0.3) is 5.91 Å². The van der Waals surface area contributed by atoms with Crippen molar-refractivity contribution in [2.45, 2.75) is 0 Å². The molecule has 0 unspecified atom stereocenters. The summed E-state index contributed by atoms with van der Waals surface area (Å²) >= 11 is 4.93. The number of urea groups is 1. The van der Waals surface area contributed by atoms with Crippen LogP contribution in [-0.2, 0) is 9.53 Å². The summed E-state index contributed by atoms with van der Waals surface area (Å²) in [5.74, 6) is -0.329. The molecule has 0 atom stereocenters. The lowest BCUT2D eigenvalue weighted by Crippen LogP contribution is -2.39. The third-order valence-electron chi connectivity index (χ3n) is 3.05. The molecule has 2 rings (SSSR count). The van der Waals surface area contributed by atoms with Gasteiger partial charge in [0.05, 0.1) is 18.9 Å². The zero-order valence-electron chi connectivity index (χ0n) is 14.3. The molecule has 0 saturated carbocycles. The summed E-state index contributed by atoms with van der Waals surface area (Å²) < 4.78 is 10.9. The summed E-state index contributed by atoms with van der Waals surface area (Å²) in [5, 5.41) is 2.26. The SMILES string of the molecule is CO/C=C(/C(=O)NC(=O)N(C)C)c1ccccc1Oc1ncnc(=S)[nH]1. The number of ether oxygens (including phenoxy) is 2. The number of H-pyrrole nitrogens is 1. The molecule has 1 aromatic carbocycles. The topological polar surface area (TPSA) is 109 Å². The number of hydrogen-bond donors (Lipinski definition) is 2. The molecule has 0 saturated heterocycles. The van der Waals surface area contributed by atoms with E-state index in [4.69, 9.17) is 21.7 Å². The third-order valence-corrected chi connectivity index (χ3v) is 3.26. The minimum Gasteiger partial charge on any atom is -0.504 e. The first kappa shape index (κ1) is 19.1. The highest BCUT2D eigenvalue weighted by Gasteiger charge is 2.20. The number of carbonyl (C=O) groups excluding carboxylic acids is 2. The molecule has 0 aliphatic heterocycles. The van der Waals surface area contributed by atoms with Crippen LogP contribution in [0.5, 0.6) is 11.8 Å². The molecule has 9 nitrogen and oxygen atoms in total. The lowest BCUT2D eigenvalue weighted by Gasteiger charge is -2.15. The van der Waals surface area contributed by atoms with E-state index >= 15 is 0 Å². The van der Waals surface area contributed by atoms with Gasteiger partial charge in [0.1, 0.15) is 12.1 Å². The summed E-state index contributed by atoms with van der Waals surface area (Å²) in [6.45, 7) is 0. The van der Waals surface area contributed by atoms with Crippen molar-refractivity contribution < 1.29 is 19.1 Å². The lowest BCUT2D eigenvalue weighted by molar-refractivity contribution is -0.114. The van der Waals surface area contributed by atoms with Gasteiger partial charge in [0.2, 0.25) is 4.77 Å². The van der Waals surface area contributed by atoms with Crippen molar-refractivity contribution in [2.24, 2.45) is 0 Å². The number of amides is 3. The molecule has 1 heterocycles. The molecule has 1 aromatic heterocycles. The van der Waals surface area contributed by atoms with E-state index < -0.39 is 11.9 Å². The van der Waals surface area contributed by atoms with Gasteiger partial charge in [-0.15, -0.1) is 0 Å². The summed E-state index contributed by atoms with van der Waals surface area (Å²) in [6.07, 6.45) is 2.48. The maximum absolute atomic E-state index is 12.5. The van der Waals surface area contributed by atoms with E-state index in [2.05, 4.69) is 20.3 Å². The fraction of sp³-hybridized carbons (Fsp3) is 0.188. The number of nitrogens with zero attached hydrogens (tertiary/aromatic N) is 3. The first-order chi connectivity index (χ1) is 12.4. The zero-order valence-corrected chi connectivity index (χ0v) is 15.2. The zero-order chi connectivity index (χ0) is 19.1. The normalized spacial score (nSPS) is 10.8. The number of hydrogen-bond acceptors (Lipinski definition) is 7. The van der Waals surface area contributed by atoms with Crippen molar-refractivity contribution in [2.75, 3.05) is 21.2 Å². The summed E-state index contributed by atoms with van der Waals surface area (Å²) in [6, 6.07) is 6.28. The number of carbonyl (C=O) groups is 2. The predicted octanol–water partition coefficient (Wildman–Crippen LogP) is 2.11. The van der Waals surface area contributed by atoms with E-state index in [1.165, 1.54) is 38.7 Å². The second kappa shape index (κ2) is 8.72. The highest BCUT2D eigenvalue weighted by molar-refractivity contribution is 7.71. The van der Waals surface area contributed by atoms with Crippen LogP contribution in [0.4, 0.5) is 4.79 Å². The van der Waals surface area contributed by atoms with Crippen molar-refractivity contribution in [3.63, 3.8) is 0 Å². The van der Waals surface area contributed by atoms with Crippen LogP contribution in [0.25, 0.3) is 5.57 Å². The maximum Gasteiger partial charge on any atom is 0.323 e. The van der Waals surface area contributed by atoms with Gasteiger partial charge in [-0.3, -0.25) is 15.1 Å². The van der Waals surface area contributed by atoms with Gasteiger partial charge in [-0.2, -0.15) is 4.98 Å². The average Bonchev–Trinajstić information content (AvgIpc) is 2.60. The molecule has 3 amide bonds. The van der Waals surface area contributed by atoms with Gasteiger partial charge < -0.3 is 14.4 Å². The molecule has 2 N–H and O–H groups in total. The van der Waals surface area contributed by atoms with Crippen molar-refractivity contribution in [3.8, 4) is 11.8 Å². The Hall–Kier alpha value is -3.27. The van der Waals surface area contributed by atoms with E-state index in [1.54, 1.807) is 24.3 Å². The summed E-state index contributed by atoms with van der Waals surface area (Å²) in [7, 11) is 4.44. The van der Waals surface area contributed by atoms with Crippen molar-refractivity contribution in [3.05, 3.63) is 47.2 Å². The Morgan fingerprint density at radius 2 is 2.00 bits per heavy atom. The smallest absolute Gasteiger partial charge is 0.323 e. The molecule has 0 fully saturated rings. The largest absolute Gasteiger partial charge is 0.504 e. The standard InChI is InChI=1S/C16H17N5O4S/c1-21(2)16(23)19-13(22)11(8-24-3)10-6-4-5-7-12(10)25-14-17-9-18-15(26)20-14/h4-9H,1-3H3,(H,19,22,23)(H,17,18,20,26)/b11-8+. The van der Waals surface area contributed by atoms with E-state index in [0.717, 1.165) is 0 Å². The lowest BCUT2D eigenvalue weighted by atomic mass is 10.1. The number of nitrogens with one attached hydrogen (secondary N) is 2. The fourth-order valence-corrected chi connectivity index (χ4v) is 1.99. The van der Waals surface area contributed by atoms with Crippen molar-refractivity contribution in [1.29, 1.82) is 0 Å². The Balaban J connectivity index is 2.38. The van der Waals surface area contributed by atoms with Crippen molar-refractivity contribution in [1.82, 2.24) is 25.2 Å². The second-order valence-electron chi connectivity index (χ2n) is 5.13. The molecule has 26 heavy (non-hydrogen) atoms. The number of imide groups is 1. The Bertz CT molecular complexity index is 894. The number of aromatic amines is 1. The van der Waals surface area contributed by atoms with Gasteiger partial charge in [-0.05, 0) is 18.3 Å². The Morgan fingerprint density at radius 1 is 1.27 bits per heavy atom. The first-order valence-electron chi connectivity index (χ1n) is 7.36. The fourth-order valence-electron chi connectivity index (χ4n) is 1.86. The molecule has 0 aliphatic rings. The Morgan fingerprint density at radius 3 is 2.65 bits per heavy atom. The van der Waals surface area contributed by atoms with E-state index in [1.807, 2.05) is 0 Å². The van der Waals surface area contributed by atoms with Gasteiger partial charge in [-0.25, -0.2) is 9.78 Å². The molecule has 0 bridgehead atoms. The van der Waals surface area contributed by atoms with Crippen LogP contribution in [0.1, 0.15) is 5.56 Å². The molecular weight excluding hydrogens is 358 g/mol. The quantitative estimate of drug-likeness (QED) is 0.468. The van der Waals surface area contributed by atoms with Crippen molar-refractivity contribution >= 4 is 29.7 Å². The minimum absolute atomic E-state index is 0.103. The van der Waals surface area contributed by atoms with E-state index in [9.17, 15) is 9.59 Å². The Labute approximate surface area is 154 Å². The van der Waals surface area contributed by atoms with Crippen LogP contribution in [0.3, 0.4) is 0 Å². The number of methoxy groups -OCH3 is 1. The molecule has 0 spiro atoms. The van der Waals surface area contributed by atoms with Gasteiger partial charge >= 0.3 is 12.0 Å². The number of rotatable bonds is 5. The highest BCUT2D eigenvalue weighted by Crippen LogP contribution is 2.29. The molecule has 136 valence electrons. The van der Waals surface area contributed by atoms with E-state index in [0.29, 0.717) is 11.3 Å². The third kappa shape index (κ3) is 4.86. The number of para-hydroxylation sites is 1. The average molecular weight is 375 g/mol. The van der Waals surface area contributed by atoms with Crippen LogP contribution in [0.2, 0.25) is 0 Å².